The van der Waals surface area contributed by atoms with E-state index in [1.165, 1.54) is 0 Å². The topological polar surface area (TPSA) is 54.0 Å². The van der Waals surface area contributed by atoms with E-state index >= 15 is 0 Å². The van der Waals surface area contributed by atoms with Crippen molar-refractivity contribution in [1.82, 2.24) is 10.3 Å². The van der Waals surface area contributed by atoms with Crippen LogP contribution in [0.1, 0.15) is 33.5 Å². The molecule has 0 atom stereocenters. The lowest BCUT2D eigenvalue weighted by Crippen LogP contribution is -2.22. The molecule has 1 aromatic carbocycles. The van der Waals surface area contributed by atoms with Crippen LogP contribution in [0.3, 0.4) is 0 Å². The molecule has 4 nitrogen and oxygen atoms in total. The summed E-state index contributed by atoms with van der Waals surface area (Å²) in [5.74, 6) is -0.0416. The van der Waals surface area contributed by atoms with Gasteiger partial charge in [0.15, 0.2) is 0 Å². The van der Waals surface area contributed by atoms with Crippen LogP contribution in [0.25, 0.3) is 0 Å². The van der Waals surface area contributed by atoms with Gasteiger partial charge in [0.25, 0.3) is 5.91 Å². The second kappa shape index (κ2) is 6.52. The maximum absolute atomic E-state index is 11.8. The number of nitrogens with one attached hydrogen (secondary N) is 2. The number of carbonyl (C=O) groups is 1. The van der Waals surface area contributed by atoms with Crippen molar-refractivity contribution < 1.29 is 4.79 Å². The summed E-state index contributed by atoms with van der Waals surface area (Å²) in [7, 11) is 0. The number of thiazole rings is 1. The monoisotopic (exact) mass is 289 g/mol. The highest BCUT2D eigenvalue weighted by molar-refractivity contribution is 7.09. The Hall–Kier alpha value is -1.88. The third-order valence-corrected chi connectivity index (χ3v) is 3.79. The number of carbonyl (C=O) groups excluding carboxylic acids is 1. The molecule has 1 aromatic heterocycles. The first-order chi connectivity index (χ1) is 9.60. The predicted molar refractivity (Wildman–Crippen MR) is 83.4 cm³/mol. The van der Waals surface area contributed by atoms with Crippen molar-refractivity contribution in [2.75, 3.05) is 11.9 Å². The molecule has 2 aromatic rings. The number of aromatic nitrogens is 1. The number of hydrogen-bond donors (Lipinski definition) is 2. The average Bonchev–Trinajstić information content (AvgIpc) is 2.84. The highest BCUT2D eigenvalue weighted by Crippen LogP contribution is 2.18. The van der Waals surface area contributed by atoms with Gasteiger partial charge >= 0.3 is 0 Å². The van der Waals surface area contributed by atoms with E-state index in [0.29, 0.717) is 18.7 Å². The first kappa shape index (κ1) is 14.5. The Morgan fingerprint density at radius 1 is 1.35 bits per heavy atom. The minimum absolute atomic E-state index is 0.0416. The van der Waals surface area contributed by atoms with E-state index in [1.807, 2.05) is 44.4 Å². The number of amides is 1. The maximum Gasteiger partial charge on any atom is 0.251 e. The molecule has 0 aliphatic rings. The van der Waals surface area contributed by atoms with Crippen LogP contribution in [0.15, 0.2) is 23.6 Å². The van der Waals surface area contributed by atoms with E-state index in [2.05, 4.69) is 15.6 Å². The molecular weight excluding hydrogens is 270 g/mol. The van der Waals surface area contributed by atoms with Crippen LogP contribution in [0.5, 0.6) is 0 Å². The lowest BCUT2D eigenvalue weighted by Gasteiger charge is -2.10. The summed E-state index contributed by atoms with van der Waals surface area (Å²) < 4.78 is 0. The second-order valence-corrected chi connectivity index (χ2v) is 5.66. The maximum atomic E-state index is 11.8. The second-order valence-electron chi connectivity index (χ2n) is 4.60. The molecule has 5 heteroatoms. The first-order valence-electron chi connectivity index (χ1n) is 6.64. The van der Waals surface area contributed by atoms with Crippen LogP contribution >= 0.6 is 11.3 Å². The summed E-state index contributed by atoms with van der Waals surface area (Å²) in [5.41, 5.74) is 3.79. The molecule has 0 saturated carbocycles. The van der Waals surface area contributed by atoms with Crippen molar-refractivity contribution >= 4 is 22.9 Å². The zero-order chi connectivity index (χ0) is 14.5. The van der Waals surface area contributed by atoms with E-state index < -0.39 is 0 Å². The first-order valence-corrected chi connectivity index (χ1v) is 7.52. The fraction of sp³-hybridized carbons (Fsp3) is 0.333. The SMILES string of the molecule is CCNC(=O)c1ccc(C)c(NCc2csc(C)n2)c1. The van der Waals surface area contributed by atoms with Crippen LogP contribution in [0, 0.1) is 13.8 Å². The Morgan fingerprint density at radius 2 is 2.15 bits per heavy atom. The van der Waals surface area contributed by atoms with Crippen molar-refractivity contribution in [2.24, 2.45) is 0 Å². The molecule has 0 bridgehead atoms. The van der Waals surface area contributed by atoms with Gasteiger partial charge in [0, 0.05) is 23.2 Å². The number of nitrogens with zero attached hydrogens (tertiary/aromatic N) is 1. The van der Waals surface area contributed by atoms with Crippen molar-refractivity contribution in [2.45, 2.75) is 27.3 Å². The molecule has 0 aliphatic heterocycles. The van der Waals surface area contributed by atoms with Crippen LogP contribution < -0.4 is 10.6 Å². The molecule has 2 N–H and O–H groups in total. The van der Waals surface area contributed by atoms with Gasteiger partial charge in [-0.15, -0.1) is 11.3 Å². The highest BCUT2D eigenvalue weighted by atomic mass is 32.1. The molecule has 20 heavy (non-hydrogen) atoms. The third-order valence-electron chi connectivity index (χ3n) is 2.96. The van der Waals surface area contributed by atoms with Gasteiger partial charge in [-0.25, -0.2) is 4.98 Å². The summed E-state index contributed by atoms with van der Waals surface area (Å²) in [6.07, 6.45) is 0. The standard InChI is InChI=1S/C15H19N3OS/c1-4-16-15(19)12-6-5-10(2)14(7-12)17-8-13-9-20-11(3)18-13/h5-7,9,17H,4,8H2,1-3H3,(H,16,19). The van der Waals surface area contributed by atoms with Gasteiger partial charge in [-0.2, -0.15) is 0 Å². The molecule has 1 heterocycles. The lowest BCUT2D eigenvalue weighted by atomic mass is 10.1. The normalized spacial score (nSPS) is 10.3. The Kier molecular flexibility index (Phi) is 4.74. The van der Waals surface area contributed by atoms with Gasteiger partial charge in [-0.05, 0) is 38.5 Å². The van der Waals surface area contributed by atoms with Gasteiger partial charge in [-0.1, -0.05) is 6.07 Å². The molecule has 2 rings (SSSR count). The lowest BCUT2D eigenvalue weighted by molar-refractivity contribution is 0.0956. The number of aryl methyl sites for hydroxylation is 2. The van der Waals surface area contributed by atoms with Crippen molar-refractivity contribution in [1.29, 1.82) is 0 Å². The quantitative estimate of drug-likeness (QED) is 0.889. The average molecular weight is 289 g/mol. The van der Waals surface area contributed by atoms with Gasteiger partial charge in [0.2, 0.25) is 0 Å². The third kappa shape index (κ3) is 3.57. The molecule has 0 spiro atoms. The van der Waals surface area contributed by atoms with Gasteiger partial charge in [-0.3, -0.25) is 4.79 Å². The minimum atomic E-state index is -0.0416. The molecule has 1 amide bonds. The van der Waals surface area contributed by atoms with E-state index in [9.17, 15) is 4.79 Å². The fourth-order valence-electron chi connectivity index (χ4n) is 1.89. The fourth-order valence-corrected chi connectivity index (χ4v) is 2.50. The van der Waals surface area contributed by atoms with Crippen LogP contribution in [-0.4, -0.2) is 17.4 Å². The Balaban J connectivity index is 2.10. The van der Waals surface area contributed by atoms with E-state index in [4.69, 9.17) is 0 Å². The highest BCUT2D eigenvalue weighted by Gasteiger charge is 2.07. The minimum Gasteiger partial charge on any atom is -0.379 e. The number of hydrogen-bond acceptors (Lipinski definition) is 4. The summed E-state index contributed by atoms with van der Waals surface area (Å²) >= 11 is 1.64. The van der Waals surface area contributed by atoms with Gasteiger partial charge in [0.05, 0.1) is 17.2 Å². The van der Waals surface area contributed by atoms with Crippen molar-refractivity contribution in [3.05, 3.63) is 45.4 Å². The van der Waals surface area contributed by atoms with E-state index in [-0.39, 0.29) is 5.91 Å². The molecule has 0 saturated heterocycles. The molecule has 0 fully saturated rings. The van der Waals surface area contributed by atoms with Crippen molar-refractivity contribution in [3.63, 3.8) is 0 Å². The largest absolute Gasteiger partial charge is 0.379 e. The summed E-state index contributed by atoms with van der Waals surface area (Å²) in [6, 6.07) is 5.69. The number of anilines is 1. The van der Waals surface area contributed by atoms with Gasteiger partial charge in [0.1, 0.15) is 0 Å². The van der Waals surface area contributed by atoms with Crippen LogP contribution in [-0.2, 0) is 6.54 Å². The van der Waals surface area contributed by atoms with E-state index in [1.54, 1.807) is 11.3 Å². The smallest absolute Gasteiger partial charge is 0.251 e. The van der Waals surface area contributed by atoms with Gasteiger partial charge < -0.3 is 10.6 Å². The zero-order valence-corrected chi connectivity index (χ0v) is 12.8. The predicted octanol–water partition coefficient (Wildman–Crippen LogP) is 3.12. The summed E-state index contributed by atoms with van der Waals surface area (Å²) in [4.78, 5) is 16.3. The summed E-state index contributed by atoms with van der Waals surface area (Å²) in [6.45, 7) is 7.23. The molecule has 106 valence electrons. The number of rotatable bonds is 5. The molecular formula is C15H19N3OS. The Bertz CT molecular complexity index is 607. The number of benzene rings is 1. The zero-order valence-electron chi connectivity index (χ0n) is 12.0. The molecule has 0 radical (unpaired) electrons. The Labute approximate surface area is 123 Å². The van der Waals surface area contributed by atoms with Crippen molar-refractivity contribution in [3.8, 4) is 0 Å². The van der Waals surface area contributed by atoms with E-state index in [0.717, 1.165) is 22.0 Å². The molecule has 0 unspecified atom stereocenters. The van der Waals surface area contributed by atoms with Crippen LogP contribution in [0.2, 0.25) is 0 Å². The van der Waals surface area contributed by atoms with Crippen LogP contribution in [0.4, 0.5) is 5.69 Å². The Morgan fingerprint density at radius 3 is 2.80 bits per heavy atom. The summed E-state index contributed by atoms with van der Waals surface area (Å²) in [5, 5.41) is 9.26. The molecule has 0 aliphatic carbocycles.